The molecule has 1 aliphatic carbocycles. The topological polar surface area (TPSA) is 64.6 Å². The van der Waals surface area contributed by atoms with Gasteiger partial charge in [0.25, 0.3) is 0 Å². The summed E-state index contributed by atoms with van der Waals surface area (Å²) in [6, 6.07) is 4.05. The quantitative estimate of drug-likeness (QED) is 0.735. The van der Waals surface area contributed by atoms with Crippen LogP contribution in [0.1, 0.15) is 32.6 Å². The molecule has 5 nitrogen and oxygen atoms in total. The van der Waals surface area contributed by atoms with Crippen molar-refractivity contribution >= 4 is 10.0 Å². The van der Waals surface area contributed by atoms with Gasteiger partial charge in [-0.2, -0.15) is 0 Å². The Labute approximate surface area is 145 Å². The maximum Gasteiger partial charge on any atom is 0.573 e. The van der Waals surface area contributed by atoms with Crippen LogP contribution in [0.3, 0.4) is 0 Å². The van der Waals surface area contributed by atoms with Gasteiger partial charge in [0.15, 0.2) is 0 Å². The summed E-state index contributed by atoms with van der Waals surface area (Å²) < 4.78 is 72.3. The summed E-state index contributed by atoms with van der Waals surface area (Å²) in [6.07, 6.45) is -0.254. The predicted octanol–water partition coefficient (Wildman–Crippen LogP) is 3.46. The Bertz CT molecular complexity index is 646. The van der Waals surface area contributed by atoms with E-state index in [2.05, 4.69) is 16.4 Å². The summed E-state index contributed by atoms with van der Waals surface area (Å²) in [6.45, 7) is 2.48. The summed E-state index contributed by atoms with van der Waals surface area (Å²) in [7, 11) is -3.80. The van der Waals surface area contributed by atoms with E-state index in [1.807, 2.05) is 0 Å². The number of hydrogen-bond donors (Lipinski definition) is 1. The monoisotopic (exact) mass is 381 g/mol. The number of nitrogens with one attached hydrogen (secondary N) is 1. The third-order valence-corrected chi connectivity index (χ3v) is 5.60. The Hall–Kier alpha value is -1.32. The van der Waals surface area contributed by atoms with Gasteiger partial charge in [-0.15, -0.1) is 13.2 Å². The van der Waals surface area contributed by atoms with Crippen molar-refractivity contribution in [2.24, 2.45) is 5.92 Å². The number of rotatable bonds is 7. The van der Waals surface area contributed by atoms with Gasteiger partial charge in [-0.1, -0.05) is 19.8 Å². The van der Waals surface area contributed by atoms with E-state index in [1.54, 1.807) is 0 Å². The van der Waals surface area contributed by atoms with Crippen LogP contribution in [0.25, 0.3) is 0 Å². The minimum absolute atomic E-state index is 0.104. The average molecular weight is 381 g/mol. The largest absolute Gasteiger partial charge is 0.573 e. The molecule has 0 bridgehead atoms. The van der Waals surface area contributed by atoms with Crippen molar-refractivity contribution in [2.45, 2.75) is 50.0 Å². The Morgan fingerprint density at radius 2 is 1.80 bits per heavy atom. The first kappa shape index (κ1) is 20.0. The van der Waals surface area contributed by atoms with Crippen LogP contribution in [0.15, 0.2) is 29.2 Å². The lowest BCUT2D eigenvalue weighted by atomic mass is 9.88. The summed E-state index contributed by atoms with van der Waals surface area (Å²) >= 11 is 0. The van der Waals surface area contributed by atoms with E-state index < -0.39 is 22.1 Å². The third-order valence-electron chi connectivity index (χ3n) is 4.13. The standard InChI is InChI=1S/C16H22F3NO4S/c1-12-4-2-3-5-15(12)23-11-10-20-25(21,22)14-8-6-13(7-9-14)24-16(17,18)19/h6-9,12,15,20H,2-5,10-11H2,1H3/t12-,15+/m1/s1. The van der Waals surface area contributed by atoms with Crippen LogP contribution < -0.4 is 9.46 Å². The second-order valence-corrected chi connectivity index (χ2v) is 7.85. The van der Waals surface area contributed by atoms with Crippen molar-refractivity contribution in [1.29, 1.82) is 0 Å². The van der Waals surface area contributed by atoms with Crippen LogP contribution in [-0.2, 0) is 14.8 Å². The van der Waals surface area contributed by atoms with Crippen molar-refractivity contribution in [2.75, 3.05) is 13.2 Å². The molecule has 2 rings (SSSR count). The van der Waals surface area contributed by atoms with Crippen LogP contribution in [0, 0.1) is 5.92 Å². The Kier molecular flexibility index (Phi) is 6.70. The number of alkyl halides is 3. The summed E-state index contributed by atoms with van der Waals surface area (Å²) in [4.78, 5) is -0.131. The highest BCUT2D eigenvalue weighted by atomic mass is 32.2. The molecule has 0 aromatic heterocycles. The molecule has 2 atom stereocenters. The number of sulfonamides is 1. The van der Waals surface area contributed by atoms with Crippen LogP contribution in [0.4, 0.5) is 13.2 Å². The highest BCUT2D eigenvalue weighted by Gasteiger charge is 2.31. The molecule has 1 aromatic rings. The lowest BCUT2D eigenvalue weighted by Crippen LogP contribution is -2.31. The third kappa shape index (κ3) is 6.48. The lowest BCUT2D eigenvalue weighted by molar-refractivity contribution is -0.274. The molecule has 1 aromatic carbocycles. The fraction of sp³-hybridized carbons (Fsp3) is 0.625. The van der Waals surface area contributed by atoms with Crippen LogP contribution in [0.5, 0.6) is 5.75 Å². The van der Waals surface area contributed by atoms with Crippen molar-refractivity contribution in [3.8, 4) is 5.75 Å². The van der Waals surface area contributed by atoms with Gasteiger partial charge in [0, 0.05) is 6.54 Å². The highest BCUT2D eigenvalue weighted by molar-refractivity contribution is 7.89. The van der Waals surface area contributed by atoms with E-state index in [1.165, 1.54) is 6.42 Å². The van der Waals surface area contributed by atoms with E-state index >= 15 is 0 Å². The van der Waals surface area contributed by atoms with Crippen molar-refractivity contribution in [1.82, 2.24) is 4.72 Å². The van der Waals surface area contributed by atoms with E-state index in [9.17, 15) is 21.6 Å². The molecule has 0 saturated heterocycles. The molecular formula is C16H22F3NO4S. The molecule has 142 valence electrons. The molecule has 0 heterocycles. The molecule has 0 amide bonds. The number of benzene rings is 1. The molecule has 0 radical (unpaired) electrons. The second kappa shape index (κ2) is 8.37. The smallest absolute Gasteiger partial charge is 0.406 e. The lowest BCUT2D eigenvalue weighted by Gasteiger charge is -2.28. The minimum atomic E-state index is -4.81. The van der Waals surface area contributed by atoms with Crippen molar-refractivity contribution in [3.63, 3.8) is 0 Å². The molecule has 25 heavy (non-hydrogen) atoms. The molecule has 1 N–H and O–H groups in total. The SMILES string of the molecule is C[C@@H]1CCCC[C@@H]1OCCNS(=O)(=O)c1ccc(OC(F)(F)F)cc1. The number of ether oxygens (including phenoxy) is 2. The maximum atomic E-state index is 12.1. The fourth-order valence-corrected chi connectivity index (χ4v) is 3.83. The van der Waals surface area contributed by atoms with E-state index in [0.717, 1.165) is 43.5 Å². The Balaban J connectivity index is 1.82. The van der Waals surface area contributed by atoms with Crippen LogP contribution in [0.2, 0.25) is 0 Å². The van der Waals surface area contributed by atoms with E-state index in [0.29, 0.717) is 5.92 Å². The molecule has 1 fully saturated rings. The average Bonchev–Trinajstić information content (AvgIpc) is 2.52. The van der Waals surface area contributed by atoms with Gasteiger partial charge in [0.05, 0.1) is 17.6 Å². The van der Waals surface area contributed by atoms with Crippen molar-refractivity contribution in [3.05, 3.63) is 24.3 Å². The zero-order valence-corrected chi connectivity index (χ0v) is 14.7. The first-order valence-electron chi connectivity index (χ1n) is 8.14. The molecule has 1 saturated carbocycles. The first-order chi connectivity index (χ1) is 11.7. The molecule has 0 unspecified atom stereocenters. The summed E-state index contributed by atoms with van der Waals surface area (Å²) in [5.41, 5.74) is 0. The van der Waals surface area contributed by atoms with E-state index in [4.69, 9.17) is 4.74 Å². The van der Waals surface area contributed by atoms with Gasteiger partial charge in [-0.3, -0.25) is 0 Å². The zero-order valence-electron chi connectivity index (χ0n) is 13.9. The van der Waals surface area contributed by atoms with Gasteiger partial charge in [-0.05, 0) is 43.0 Å². The van der Waals surface area contributed by atoms with Crippen LogP contribution in [-0.4, -0.2) is 34.0 Å². The van der Waals surface area contributed by atoms with E-state index in [-0.39, 0.29) is 24.2 Å². The fourth-order valence-electron chi connectivity index (χ4n) is 2.82. The highest BCUT2D eigenvalue weighted by Crippen LogP contribution is 2.26. The molecule has 0 aliphatic heterocycles. The molecule has 1 aliphatic rings. The first-order valence-corrected chi connectivity index (χ1v) is 9.63. The summed E-state index contributed by atoms with van der Waals surface area (Å²) in [5, 5.41) is 0. The van der Waals surface area contributed by atoms with Crippen molar-refractivity contribution < 1.29 is 31.1 Å². The summed E-state index contributed by atoms with van der Waals surface area (Å²) in [5.74, 6) is -0.00685. The minimum Gasteiger partial charge on any atom is -0.406 e. The Morgan fingerprint density at radius 1 is 1.16 bits per heavy atom. The maximum absolute atomic E-state index is 12.1. The van der Waals surface area contributed by atoms with Crippen LogP contribution >= 0.6 is 0 Å². The number of halogens is 3. The second-order valence-electron chi connectivity index (χ2n) is 6.09. The van der Waals surface area contributed by atoms with Gasteiger partial charge < -0.3 is 9.47 Å². The van der Waals surface area contributed by atoms with Gasteiger partial charge in [0.1, 0.15) is 5.75 Å². The Morgan fingerprint density at radius 3 is 2.40 bits per heavy atom. The zero-order chi connectivity index (χ0) is 18.5. The van der Waals surface area contributed by atoms with Gasteiger partial charge >= 0.3 is 6.36 Å². The van der Waals surface area contributed by atoms with Gasteiger partial charge in [0.2, 0.25) is 10.0 Å². The molecule has 0 spiro atoms. The van der Waals surface area contributed by atoms with Gasteiger partial charge in [-0.25, -0.2) is 13.1 Å². The normalized spacial score (nSPS) is 21.9. The molecular weight excluding hydrogens is 359 g/mol. The predicted molar refractivity (Wildman–Crippen MR) is 85.7 cm³/mol. The molecule has 9 heteroatoms. The number of hydrogen-bond acceptors (Lipinski definition) is 4.